The van der Waals surface area contributed by atoms with E-state index in [0.29, 0.717) is 12.8 Å². The average Bonchev–Trinajstić information content (AvgIpc) is 3.04. The molecule has 4 N–H and O–H groups in total. The Morgan fingerprint density at radius 3 is 1.07 bits per heavy atom. The van der Waals surface area contributed by atoms with E-state index in [1.165, 1.54) is 167 Å². The van der Waals surface area contributed by atoms with E-state index in [2.05, 4.69) is 19.2 Å². The van der Waals surface area contributed by atoms with Crippen LogP contribution in [0, 0.1) is 0 Å². The predicted octanol–water partition coefficient (Wildman–Crippen LogP) is 11.1. The lowest BCUT2D eigenvalue weighted by molar-refractivity contribution is -0.124. The smallest absolute Gasteiger partial charge is 0.220 e. The molecular formula is C40H81NO4. The van der Waals surface area contributed by atoms with Crippen LogP contribution >= 0.6 is 0 Å². The van der Waals surface area contributed by atoms with Gasteiger partial charge in [-0.3, -0.25) is 4.79 Å². The van der Waals surface area contributed by atoms with Gasteiger partial charge in [0.1, 0.15) is 6.10 Å². The summed E-state index contributed by atoms with van der Waals surface area (Å²) in [6.07, 6.45) is 39.1. The summed E-state index contributed by atoms with van der Waals surface area (Å²) in [5.74, 6) is -0.141. The average molecular weight is 640 g/mol. The summed E-state index contributed by atoms with van der Waals surface area (Å²) >= 11 is 0. The molecule has 0 aromatic rings. The van der Waals surface area contributed by atoms with Crippen LogP contribution in [0.15, 0.2) is 0 Å². The van der Waals surface area contributed by atoms with Gasteiger partial charge in [-0.2, -0.15) is 0 Å². The Morgan fingerprint density at radius 2 is 0.756 bits per heavy atom. The van der Waals surface area contributed by atoms with Crippen molar-refractivity contribution in [1.29, 1.82) is 0 Å². The second-order valence-electron chi connectivity index (χ2n) is 14.2. The van der Waals surface area contributed by atoms with Gasteiger partial charge < -0.3 is 20.6 Å². The summed E-state index contributed by atoms with van der Waals surface area (Å²) in [7, 11) is 0. The zero-order valence-corrected chi connectivity index (χ0v) is 30.5. The van der Waals surface area contributed by atoms with E-state index in [4.69, 9.17) is 0 Å². The molecule has 0 fully saturated rings. The van der Waals surface area contributed by atoms with Crippen LogP contribution in [-0.4, -0.2) is 46.1 Å². The number of hydrogen-bond acceptors (Lipinski definition) is 4. The summed E-state index contributed by atoms with van der Waals surface area (Å²) in [5.41, 5.74) is 0. The van der Waals surface area contributed by atoms with Crippen molar-refractivity contribution in [3.8, 4) is 0 Å². The summed E-state index contributed by atoms with van der Waals surface area (Å²) < 4.78 is 0. The number of carbonyl (C=O) groups is 1. The Bertz CT molecular complexity index is 587. The van der Waals surface area contributed by atoms with Crippen molar-refractivity contribution in [3.63, 3.8) is 0 Å². The van der Waals surface area contributed by atoms with Crippen LogP contribution in [0.4, 0.5) is 0 Å². The molecule has 270 valence electrons. The topological polar surface area (TPSA) is 89.8 Å². The van der Waals surface area contributed by atoms with Gasteiger partial charge in [0.25, 0.3) is 0 Å². The van der Waals surface area contributed by atoms with E-state index in [-0.39, 0.29) is 12.5 Å². The van der Waals surface area contributed by atoms with Crippen molar-refractivity contribution < 1.29 is 20.1 Å². The monoisotopic (exact) mass is 640 g/mol. The highest BCUT2D eigenvalue weighted by Gasteiger charge is 2.26. The van der Waals surface area contributed by atoms with Crippen molar-refractivity contribution in [2.24, 2.45) is 0 Å². The molecule has 0 aliphatic heterocycles. The van der Waals surface area contributed by atoms with Crippen LogP contribution in [0.3, 0.4) is 0 Å². The maximum Gasteiger partial charge on any atom is 0.220 e. The lowest BCUT2D eigenvalue weighted by atomic mass is 9.99. The molecule has 5 nitrogen and oxygen atoms in total. The maximum absolute atomic E-state index is 12.4. The second kappa shape index (κ2) is 36.2. The van der Waals surface area contributed by atoms with Crippen LogP contribution in [0.2, 0.25) is 0 Å². The summed E-state index contributed by atoms with van der Waals surface area (Å²) in [5, 5.41) is 33.5. The Hall–Kier alpha value is -0.650. The second-order valence-corrected chi connectivity index (χ2v) is 14.2. The maximum atomic E-state index is 12.4. The molecule has 0 rings (SSSR count). The molecule has 0 saturated heterocycles. The number of amides is 1. The number of aliphatic hydroxyl groups excluding tert-OH is 3. The molecule has 3 atom stereocenters. The number of rotatable bonds is 37. The molecule has 0 aliphatic carbocycles. The van der Waals surface area contributed by atoms with Gasteiger partial charge in [0.05, 0.1) is 18.8 Å². The first-order chi connectivity index (χ1) is 22.1. The van der Waals surface area contributed by atoms with Gasteiger partial charge in [0.2, 0.25) is 5.91 Å². The van der Waals surface area contributed by atoms with Crippen LogP contribution in [0.5, 0.6) is 0 Å². The molecule has 45 heavy (non-hydrogen) atoms. The lowest BCUT2D eigenvalue weighted by Crippen LogP contribution is -2.50. The van der Waals surface area contributed by atoms with E-state index in [1.807, 2.05) is 0 Å². The Labute approximate surface area is 281 Å². The predicted molar refractivity (Wildman–Crippen MR) is 195 cm³/mol. The minimum absolute atomic E-state index is 0.141. The number of unbranched alkanes of at least 4 members (excludes halogenated alkanes) is 29. The van der Waals surface area contributed by atoms with E-state index >= 15 is 0 Å². The quantitative estimate of drug-likeness (QED) is 0.0509. The Balaban J connectivity index is 3.62. The highest BCUT2D eigenvalue weighted by atomic mass is 16.3. The van der Waals surface area contributed by atoms with Gasteiger partial charge in [0, 0.05) is 6.42 Å². The third-order valence-corrected chi connectivity index (χ3v) is 9.71. The molecular weight excluding hydrogens is 558 g/mol. The first-order valence-corrected chi connectivity index (χ1v) is 20.3. The van der Waals surface area contributed by atoms with E-state index in [1.54, 1.807) is 0 Å². The van der Waals surface area contributed by atoms with Crippen molar-refractivity contribution >= 4 is 5.91 Å². The van der Waals surface area contributed by atoms with Gasteiger partial charge in [-0.1, -0.05) is 206 Å². The molecule has 0 spiro atoms. The molecule has 0 aromatic carbocycles. The molecule has 0 aromatic heterocycles. The van der Waals surface area contributed by atoms with Gasteiger partial charge in [-0.15, -0.1) is 0 Å². The van der Waals surface area contributed by atoms with Gasteiger partial charge in [-0.25, -0.2) is 0 Å². The fourth-order valence-electron chi connectivity index (χ4n) is 6.52. The Kier molecular flexibility index (Phi) is 35.7. The van der Waals surface area contributed by atoms with Crippen LogP contribution in [-0.2, 0) is 4.79 Å². The minimum Gasteiger partial charge on any atom is -0.394 e. The van der Waals surface area contributed by atoms with Crippen LogP contribution in [0.25, 0.3) is 0 Å². The van der Waals surface area contributed by atoms with Crippen molar-refractivity contribution in [2.45, 2.75) is 244 Å². The summed E-state index contributed by atoms with van der Waals surface area (Å²) in [6, 6.07) is -0.801. The normalized spacial score (nSPS) is 13.6. The van der Waals surface area contributed by atoms with Gasteiger partial charge in [0.15, 0.2) is 0 Å². The van der Waals surface area contributed by atoms with Gasteiger partial charge in [-0.05, 0) is 12.8 Å². The fraction of sp³-hybridized carbons (Fsp3) is 0.975. The third-order valence-electron chi connectivity index (χ3n) is 9.71. The Morgan fingerprint density at radius 1 is 0.467 bits per heavy atom. The SMILES string of the molecule is CCCCCCCCCCCCCCCCCCC(O)C(O)C(CO)NC(=O)CCCCCCCCCCCCCCCCC. The lowest BCUT2D eigenvalue weighted by Gasteiger charge is -2.26. The van der Waals surface area contributed by atoms with E-state index in [9.17, 15) is 20.1 Å². The largest absolute Gasteiger partial charge is 0.394 e. The molecule has 5 heteroatoms. The molecule has 0 heterocycles. The van der Waals surface area contributed by atoms with Crippen LogP contribution < -0.4 is 5.32 Å². The standard InChI is InChI=1S/C40H81NO4/c1-3-5-7-9-11-13-15-17-19-21-22-24-26-28-30-32-34-38(43)40(45)37(36-42)41-39(44)35-33-31-29-27-25-23-20-18-16-14-12-10-8-6-4-2/h37-38,40,42-43,45H,3-36H2,1-2H3,(H,41,44). The van der Waals surface area contributed by atoms with E-state index in [0.717, 1.165) is 32.1 Å². The zero-order chi connectivity index (χ0) is 33.1. The highest BCUT2D eigenvalue weighted by molar-refractivity contribution is 5.76. The molecule has 0 aliphatic rings. The van der Waals surface area contributed by atoms with Crippen molar-refractivity contribution in [1.82, 2.24) is 5.32 Å². The molecule has 3 unspecified atom stereocenters. The van der Waals surface area contributed by atoms with Crippen LogP contribution in [0.1, 0.15) is 226 Å². The fourth-order valence-corrected chi connectivity index (χ4v) is 6.52. The number of nitrogens with one attached hydrogen (secondary N) is 1. The molecule has 0 radical (unpaired) electrons. The number of aliphatic hydroxyl groups is 3. The highest BCUT2D eigenvalue weighted by Crippen LogP contribution is 2.17. The third kappa shape index (κ3) is 31.7. The number of carbonyl (C=O) groups excluding carboxylic acids is 1. The summed E-state index contributed by atoms with van der Waals surface area (Å²) in [6.45, 7) is 4.19. The minimum atomic E-state index is -1.13. The number of hydrogen-bond donors (Lipinski definition) is 4. The molecule has 0 saturated carbocycles. The van der Waals surface area contributed by atoms with Crippen molar-refractivity contribution in [2.75, 3.05) is 6.61 Å². The summed E-state index contributed by atoms with van der Waals surface area (Å²) in [4.78, 5) is 12.4. The first kappa shape index (κ1) is 44.4. The zero-order valence-electron chi connectivity index (χ0n) is 30.5. The first-order valence-electron chi connectivity index (χ1n) is 20.3. The molecule has 0 bridgehead atoms. The van der Waals surface area contributed by atoms with Gasteiger partial charge >= 0.3 is 0 Å². The van der Waals surface area contributed by atoms with E-state index < -0.39 is 18.2 Å². The van der Waals surface area contributed by atoms with Crippen molar-refractivity contribution in [3.05, 3.63) is 0 Å². The molecule has 1 amide bonds.